The van der Waals surface area contributed by atoms with Gasteiger partial charge in [-0.05, 0) is 49.4 Å². The Morgan fingerprint density at radius 2 is 2.10 bits per heavy atom. The average molecular weight is 268 g/mol. The van der Waals surface area contributed by atoms with E-state index in [2.05, 4.69) is 17.1 Å². The Balaban J connectivity index is 1.79. The largest absolute Gasteiger partial charge is 0.493 e. The van der Waals surface area contributed by atoms with E-state index in [1.807, 2.05) is 37.3 Å². The van der Waals surface area contributed by atoms with Gasteiger partial charge in [-0.3, -0.25) is 4.98 Å². The van der Waals surface area contributed by atoms with E-state index in [4.69, 9.17) is 10.5 Å². The number of para-hydroxylation sites is 1. The quantitative estimate of drug-likeness (QED) is 0.928. The van der Waals surface area contributed by atoms with Gasteiger partial charge in [0.1, 0.15) is 5.75 Å². The lowest BCUT2D eigenvalue weighted by Crippen LogP contribution is -2.20. The van der Waals surface area contributed by atoms with Crippen molar-refractivity contribution in [2.45, 2.75) is 31.7 Å². The number of benzene rings is 1. The van der Waals surface area contributed by atoms with Crippen molar-refractivity contribution in [1.82, 2.24) is 4.98 Å². The molecule has 3 heteroatoms. The topological polar surface area (TPSA) is 48.1 Å². The summed E-state index contributed by atoms with van der Waals surface area (Å²) in [6.07, 6.45) is 1.94. The first-order valence-electron chi connectivity index (χ1n) is 7.15. The monoisotopic (exact) mass is 268 g/mol. The van der Waals surface area contributed by atoms with Gasteiger partial charge >= 0.3 is 0 Å². The van der Waals surface area contributed by atoms with Gasteiger partial charge in [0.25, 0.3) is 0 Å². The highest BCUT2D eigenvalue weighted by Gasteiger charge is 2.24. The van der Waals surface area contributed by atoms with Crippen LogP contribution in [-0.2, 0) is 0 Å². The molecule has 0 amide bonds. The van der Waals surface area contributed by atoms with E-state index >= 15 is 0 Å². The van der Waals surface area contributed by atoms with Gasteiger partial charge in [0.05, 0.1) is 12.3 Å². The molecule has 2 N–H and O–H groups in total. The van der Waals surface area contributed by atoms with Crippen molar-refractivity contribution >= 4 is 0 Å². The minimum atomic E-state index is -0.0222. The minimum Gasteiger partial charge on any atom is -0.493 e. The first-order valence-corrected chi connectivity index (χ1v) is 7.15. The lowest BCUT2D eigenvalue weighted by molar-refractivity contribution is 0.259. The molecule has 0 bridgehead atoms. The number of nitrogens with zero attached hydrogens (tertiary/aromatic N) is 1. The highest BCUT2D eigenvalue weighted by Crippen LogP contribution is 2.37. The molecule has 3 nitrogen and oxygen atoms in total. The second kappa shape index (κ2) is 5.63. The summed E-state index contributed by atoms with van der Waals surface area (Å²) in [6.45, 7) is 2.77. The maximum Gasteiger partial charge on any atom is 0.122 e. The second-order valence-electron chi connectivity index (χ2n) is 5.42. The Bertz CT molecular complexity index is 597. The Labute approximate surface area is 119 Å². The standard InChI is InChI=1S/C17H20N2O/c1-12-5-4-7-16(19-12)15(18)11-13-9-10-20-17-8-3-2-6-14(13)17/h2-8,13,15H,9-11,18H2,1H3. The van der Waals surface area contributed by atoms with E-state index in [1.54, 1.807) is 0 Å². The molecule has 0 aliphatic carbocycles. The van der Waals surface area contributed by atoms with Crippen LogP contribution in [0.4, 0.5) is 0 Å². The molecule has 0 radical (unpaired) electrons. The number of aromatic nitrogens is 1. The molecule has 1 aliphatic rings. The molecule has 1 aliphatic heterocycles. The average Bonchev–Trinajstić information content (AvgIpc) is 2.47. The number of nitrogens with two attached hydrogens (primary N) is 1. The number of hydrogen-bond acceptors (Lipinski definition) is 3. The Kier molecular flexibility index (Phi) is 3.70. The van der Waals surface area contributed by atoms with Crippen LogP contribution in [0.5, 0.6) is 5.75 Å². The predicted molar refractivity (Wildman–Crippen MR) is 79.8 cm³/mol. The van der Waals surface area contributed by atoms with Crippen LogP contribution in [0.1, 0.15) is 41.8 Å². The summed E-state index contributed by atoms with van der Waals surface area (Å²) in [5, 5.41) is 0. The molecular formula is C17H20N2O. The second-order valence-corrected chi connectivity index (χ2v) is 5.42. The molecule has 104 valence electrons. The lowest BCUT2D eigenvalue weighted by atomic mass is 9.87. The number of pyridine rings is 1. The zero-order valence-corrected chi connectivity index (χ0v) is 11.8. The van der Waals surface area contributed by atoms with Gasteiger partial charge in [-0.1, -0.05) is 24.3 Å². The number of aryl methyl sites for hydroxylation is 1. The fraction of sp³-hybridized carbons (Fsp3) is 0.353. The zero-order chi connectivity index (χ0) is 13.9. The molecule has 20 heavy (non-hydrogen) atoms. The van der Waals surface area contributed by atoms with Crippen molar-refractivity contribution < 1.29 is 4.74 Å². The number of hydrogen-bond donors (Lipinski definition) is 1. The Hall–Kier alpha value is -1.87. The molecule has 2 heterocycles. The molecule has 0 saturated heterocycles. The fourth-order valence-corrected chi connectivity index (χ4v) is 2.86. The van der Waals surface area contributed by atoms with Gasteiger partial charge in [0.15, 0.2) is 0 Å². The molecule has 0 fully saturated rings. The van der Waals surface area contributed by atoms with E-state index in [1.165, 1.54) is 5.56 Å². The number of fused-ring (bicyclic) bond motifs is 1. The molecule has 3 rings (SSSR count). The summed E-state index contributed by atoms with van der Waals surface area (Å²) in [6, 6.07) is 14.3. The van der Waals surface area contributed by atoms with E-state index in [0.29, 0.717) is 5.92 Å². The molecular weight excluding hydrogens is 248 g/mol. The van der Waals surface area contributed by atoms with Crippen molar-refractivity contribution in [3.63, 3.8) is 0 Å². The third kappa shape index (κ3) is 2.68. The zero-order valence-electron chi connectivity index (χ0n) is 11.8. The van der Waals surface area contributed by atoms with Crippen molar-refractivity contribution in [3.05, 3.63) is 59.4 Å². The predicted octanol–water partition coefficient (Wildman–Crippen LogP) is 3.35. The molecule has 1 aromatic carbocycles. The van der Waals surface area contributed by atoms with Crippen LogP contribution in [0.15, 0.2) is 42.5 Å². The number of ether oxygens (including phenoxy) is 1. The van der Waals surface area contributed by atoms with Crippen LogP contribution in [0.25, 0.3) is 0 Å². The van der Waals surface area contributed by atoms with E-state index in [-0.39, 0.29) is 6.04 Å². The van der Waals surface area contributed by atoms with Crippen LogP contribution in [-0.4, -0.2) is 11.6 Å². The van der Waals surface area contributed by atoms with Crippen LogP contribution >= 0.6 is 0 Å². The first kappa shape index (κ1) is 13.1. The van der Waals surface area contributed by atoms with Crippen molar-refractivity contribution in [2.24, 2.45) is 5.73 Å². The van der Waals surface area contributed by atoms with Gasteiger partial charge in [-0.25, -0.2) is 0 Å². The molecule has 1 aromatic heterocycles. The van der Waals surface area contributed by atoms with Gasteiger partial charge in [0, 0.05) is 11.7 Å². The van der Waals surface area contributed by atoms with Gasteiger partial charge in [-0.2, -0.15) is 0 Å². The smallest absolute Gasteiger partial charge is 0.122 e. The third-order valence-corrected chi connectivity index (χ3v) is 3.91. The van der Waals surface area contributed by atoms with Crippen molar-refractivity contribution in [3.8, 4) is 5.75 Å². The highest BCUT2D eigenvalue weighted by molar-refractivity contribution is 5.38. The van der Waals surface area contributed by atoms with Crippen molar-refractivity contribution in [2.75, 3.05) is 6.61 Å². The molecule has 0 spiro atoms. The van der Waals surface area contributed by atoms with E-state index in [0.717, 1.165) is 36.6 Å². The van der Waals surface area contributed by atoms with E-state index in [9.17, 15) is 0 Å². The fourth-order valence-electron chi connectivity index (χ4n) is 2.86. The highest BCUT2D eigenvalue weighted by atomic mass is 16.5. The minimum absolute atomic E-state index is 0.0222. The summed E-state index contributed by atoms with van der Waals surface area (Å²) < 4.78 is 5.70. The number of rotatable bonds is 3. The van der Waals surface area contributed by atoms with Crippen LogP contribution in [0, 0.1) is 6.92 Å². The summed E-state index contributed by atoms with van der Waals surface area (Å²) in [7, 11) is 0. The summed E-state index contributed by atoms with van der Waals surface area (Å²) in [5.41, 5.74) is 9.63. The first-order chi connectivity index (χ1) is 9.74. The molecule has 2 atom stereocenters. The normalized spacial score (nSPS) is 19.0. The van der Waals surface area contributed by atoms with E-state index < -0.39 is 0 Å². The summed E-state index contributed by atoms with van der Waals surface area (Å²) >= 11 is 0. The van der Waals surface area contributed by atoms with Crippen LogP contribution < -0.4 is 10.5 Å². The SMILES string of the molecule is Cc1cccc(C(N)CC2CCOc3ccccc32)n1. The molecule has 0 saturated carbocycles. The maximum absolute atomic E-state index is 6.35. The van der Waals surface area contributed by atoms with Gasteiger partial charge in [0.2, 0.25) is 0 Å². The lowest BCUT2D eigenvalue weighted by Gasteiger charge is -2.27. The van der Waals surface area contributed by atoms with Crippen LogP contribution in [0.3, 0.4) is 0 Å². The Morgan fingerprint density at radius 1 is 1.25 bits per heavy atom. The third-order valence-electron chi connectivity index (χ3n) is 3.91. The Morgan fingerprint density at radius 3 is 2.95 bits per heavy atom. The maximum atomic E-state index is 6.35. The van der Waals surface area contributed by atoms with Gasteiger partial charge < -0.3 is 10.5 Å². The molecule has 2 unspecified atom stereocenters. The summed E-state index contributed by atoms with van der Waals surface area (Å²) in [5.74, 6) is 1.46. The molecule has 2 aromatic rings. The van der Waals surface area contributed by atoms with Gasteiger partial charge in [-0.15, -0.1) is 0 Å². The summed E-state index contributed by atoms with van der Waals surface area (Å²) in [4.78, 5) is 4.54. The van der Waals surface area contributed by atoms with Crippen LogP contribution in [0.2, 0.25) is 0 Å². The van der Waals surface area contributed by atoms with Crippen molar-refractivity contribution in [1.29, 1.82) is 0 Å².